The zero-order valence-corrected chi connectivity index (χ0v) is 12.1. The molecule has 0 N–H and O–H groups in total. The van der Waals surface area contributed by atoms with Crippen LogP contribution in [0.2, 0.25) is 0 Å². The van der Waals surface area contributed by atoms with Gasteiger partial charge in [-0.05, 0) is 41.5 Å². The summed E-state index contributed by atoms with van der Waals surface area (Å²) >= 11 is 0. The summed E-state index contributed by atoms with van der Waals surface area (Å²) < 4.78 is 17.3. The lowest BCUT2D eigenvalue weighted by atomic mass is 9.92. The van der Waals surface area contributed by atoms with Crippen molar-refractivity contribution in [3.63, 3.8) is 0 Å². The monoisotopic (exact) mass is 241 g/mol. The van der Waals surface area contributed by atoms with Crippen LogP contribution in [0.1, 0.15) is 41.5 Å². The summed E-state index contributed by atoms with van der Waals surface area (Å²) in [6.45, 7) is 12.2. The summed E-state index contributed by atoms with van der Waals surface area (Å²) in [5.74, 6) is 7.68. The summed E-state index contributed by atoms with van der Waals surface area (Å²) in [5.41, 5.74) is -0.382. The Balaban J connectivity index is 3.24. The Labute approximate surface area is 100 Å². The van der Waals surface area contributed by atoms with Gasteiger partial charge in [0.15, 0.2) is 0 Å². The van der Waals surface area contributed by atoms with Gasteiger partial charge in [-0.1, -0.05) is 11.8 Å². The summed E-state index contributed by atoms with van der Waals surface area (Å²) in [6.07, 6.45) is 0. The molecule has 92 valence electrons. The summed E-state index contributed by atoms with van der Waals surface area (Å²) in [7, 11) is -2.14. The van der Waals surface area contributed by atoms with Crippen molar-refractivity contribution >= 4 is 9.73 Å². The van der Waals surface area contributed by atoms with Gasteiger partial charge >= 0.3 is 0 Å². The lowest BCUT2D eigenvalue weighted by molar-refractivity contribution is 0.561. The maximum absolute atomic E-state index is 12.8. The Kier molecular flexibility index (Phi) is 3.45. The van der Waals surface area contributed by atoms with Gasteiger partial charge in [-0.2, -0.15) is 0 Å². The van der Waals surface area contributed by atoms with E-state index in [2.05, 4.69) is 43.9 Å². The maximum Gasteiger partial charge on any atom is 0.0537 e. The van der Waals surface area contributed by atoms with E-state index in [1.165, 1.54) is 0 Å². The topological polar surface area (TPSA) is 29.4 Å². The molecule has 0 saturated heterocycles. The molecule has 2 nitrogen and oxygen atoms in total. The van der Waals surface area contributed by atoms with Crippen LogP contribution in [-0.2, 0) is 9.73 Å². The number of rotatable bonds is 1. The van der Waals surface area contributed by atoms with E-state index in [0.717, 1.165) is 0 Å². The van der Waals surface area contributed by atoms with Crippen molar-refractivity contribution in [2.24, 2.45) is 15.2 Å². The normalized spacial score (nSPS) is 25.4. The Bertz CT molecular complexity index is 412. The predicted octanol–water partition coefficient (Wildman–Crippen LogP) is 2.93. The number of nitrogens with zero attached hydrogens (tertiary/aromatic N) is 1. The van der Waals surface area contributed by atoms with Gasteiger partial charge in [0.05, 0.1) is 6.04 Å². The van der Waals surface area contributed by atoms with Crippen LogP contribution in [0.15, 0.2) is 4.36 Å². The minimum atomic E-state index is -2.14. The van der Waals surface area contributed by atoms with Crippen LogP contribution >= 0.6 is 0 Å². The average molecular weight is 241 g/mol. The van der Waals surface area contributed by atoms with E-state index >= 15 is 0 Å². The third-order valence-electron chi connectivity index (χ3n) is 2.31. The first-order valence-corrected chi connectivity index (χ1v) is 7.65. The van der Waals surface area contributed by atoms with Crippen LogP contribution in [0.3, 0.4) is 0 Å². The second kappa shape index (κ2) is 4.07. The van der Waals surface area contributed by atoms with Gasteiger partial charge in [-0.15, -0.1) is 0 Å². The van der Waals surface area contributed by atoms with E-state index in [0.29, 0.717) is 11.5 Å². The van der Waals surface area contributed by atoms with Gasteiger partial charge in [0, 0.05) is 32.1 Å². The molecular formula is C13H23NOS. The number of hydrogen-bond acceptors (Lipinski definition) is 2. The van der Waals surface area contributed by atoms with Crippen molar-refractivity contribution in [2.45, 2.75) is 47.6 Å². The van der Waals surface area contributed by atoms with Gasteiger partial charge in [0.25, 0.3) is 0 Å². The third kappa shape index (κ3) is 3.83. The van der Waals surface area contributed by atoms with E-state index in [4.69, 9.17) is 0 Å². The zero-order valence-electron chi connectivity index (χ0n) is 11.3. The van der Waals surface area contributed by atoms with E-state index in [9.17, 15) is 4.21 Å². The number of hydrogen-bond donors (Lipinski definition) is 0. The van der Waals surface area contributed by atoms with Gasteiger partial charge in [0.1, 0.15) is 0 Å². The highest BCUT2D eigenvalue weighted by Crippen LogP contribution is 2.29. The van der Waals surface area contributed by atoms with Crippen molar-refractivity contribution in [3.05, 3.63) is 0 Å². The van der Waals surface area contributed by atoms with E-state index in [1.807, 2.05) is 13.8 Å². The van der Waals surface area contributed by atoms with Gasteiger partial charge in [0.2, 0.25) is 0 Å². The van der Waals surface area contributed by atoms with Crippen LogP contribution < -0.4 is 0 Å². The van der Waals surface area contributed by atoms with Gasteiger partial charge < -0.3 is 0 Å². The van der Waals surface area contributed by atoms with Crippen LogP contribution in [0.4, 0.5) is 0 Å². The Hall–Kier alpha value is -0.490. The van der Waals surface area contributed by atoms with E-state index in [-0.39, 0.29) is 16.9 Å². The molecule has 1 aliphatic rings. The molecule has 0 atom stereocenters. The van der Waals surface area contributed by atoms with Crippen molar-refractivity contribution in [1.29, 1.82) is 0 Å². The molecule has 0 aromatic carbocycles. The van der Waals surface area contributed by atoms with E-state index in [1.54, 1.807) is 0 Å². The lowest BCUT2D eigenvalue weighted by Gasteiger charge is -2.22. The molecule has 1 rings (SSSR count). The van der Waals surface area contributed by atoms with Crippen LogP contribution in [0.25, 0.3) is 0 Å². The first-order valence-electron chi connectivity index (χ1n) is 5.80. The highest BCUT2D eigenvalue weighted by molar-refractivity contribution is 7.93. The minimum absolute atomic E-state index is 0.122. The highest BCUT2D eigenvalue weighted by Gasteiger charge is 2.32. The molecule has 0 unspecified atom stereocenters. The molecule has 16 heavy (non-hydrogen) atoms. The molecule has 0 aromatic rings. The summed E-state index contributed by atoms with van der Waals surface area (Å²) in [4.78, 5) is 0. The first-order chi connectivity index (χ1) is 7.04. The molecule has 0 saturated carbocycles. The summed E-state index contributed by atoms with van der Waals surface area (Å²) in [6, 6.07) is 0.122. The predicted molar refractivity (Wildman–Crippen MR) is 70.8 cm³/mol. The molecule has 3 heteroatoms. The largest absolute Gasteiger partial charge is 0.250 e. The fourth-order valence-corrected chi connectivity index (χ4v) is 5.47. The molecule has 0 aliphatic carbocycles. The molecular weight excluding hydrogens is 218 g/mol. The highest BCUT2D eigenvalue weighted by atomic mass is 32.2. The molecule has 1 aliphatic heterocycles. The average Bonchev–Trinajstić information content (AvgIpc) is 2.02. The SMILES string of the molecule is CC(C)N=S1(=O)CC(C)(C)C#CC(C)(C)C1. The van der Waals surface area contributed by atoms with Crippen LogP contribution in [0, 0.1) is 22.7 Å². The minimum Gasteiger partial charge on any atom is -0.250 e. The van der Waals surface area contributed by atoms with E-state index < -0.39 is 9.73 Å². The Morgan fingerprint density at radius 1 is 1.06 bits per heavy atom. The maximum atomic E-state index is 12.8. The molecule has 0 bridgehead atoms. The molecule has 0 aromatic heterocycles. The molecule has 1 heterocycles. The Morgan fingerprint density at radius 3 is 1.75 bits per heavy atom. The fraction of sp³-hybridized carbons (Fsp3) is 0.846. The van der Waals surface area contributed by atoms with Gasteiger partial charge in [-0.3, -0.25) is 0 Å². The Morgan fingerprint density at radius 2 is 1.44 bits per heavy atom. The van der Waals surface area contributed by atoms with Crippen molar-refractivity contribution in [1.82, 2.24) is 0 Å². The van der Waals surface area contributed by atoms with Crippen molar-refractivity contribution < 1.29 is 4.21 Å². The van der Waals surface area contributed by atoms with Gasteiger partial charge in [-0.25, -0.2) is 8.57 Å². The second-order valence-corrected chi connectivity index (χ2v) is 8.61. The molecule has 0 spiro atoms. The fourth-order valence-electron chi connectivity index (χ4n) is 2.05. The lowest BCUT2D eigenvalue weighted by Crippen LogP contribution is -2.28. The molecule has 0 radical (unpaired) electrons. The standard InChI is InChI=1S/C13H23NOS/c1-11(2)14-16(15)9-12(3,4)7-8-13(5,6)10-16/h11H,9-10H2,1-6H3. The first kappa shape index (κ1) is 13.6. The van der Waals surface area contributed by atoms with Crippen LogP contribution in [0.5, 0.6) is 0 Å². The quantitative estimate of drug-likeness (QED) is 0.649. The van der Waals surface area contributed by atoms with Crippen molar-refractivity contribution in [2.75, 3.05) is 11.5 Å². The smallest absolute Gasteiger partial charge is 0.0537 e. The van der Waals surface area contributed by atoms with Crippen LogP contribution in [-0.4, -0.2) is 21.8 Å². The third-order valence-corrected chi connectivity index (χ3v) is 5.47. The zero-order chi connectivity index (χ0) is 12.6. The second-order valence-electron chi connectivity index (χ2n) is 6.28. The summed E-state index contributed by atoms with van der Waals surface area (Å²) in [5, 5.41) is 0. The van der Waals surface area contributed by atoms with Crippen molar-refractivity contribution in [3.8, 4) is 11.8 Å². The molecule has 0 fully saturated rings. The molecule has 0 amide bonds.